The number of methoxy groups -OCH3 is 1. The summed E-state index contributed by atoms with van der Waals surface area (Å²) >= 11 is 0. The average Bonchev–Trinajstić information content (AvgIpc) is 2.46. The maximum Gasteiger partial charge on any atom is 0.326 e. The number of hydrogen-bond donors (Lipinski definition) is 2. The van der Waals surface area contributed by atoms with E-state index in [-0.39, 0.29) is 0 Å². The van der Waals surface area contributed by atoms with E-state index in [0.717, 1.165) is 10.8 Å². The van der Waals surface area contributed by atoms with E-state index < -0.39 is 12.0 Å². The number of anilines is 1. The number of rotatable bonds is 6. The molecule has 1 atom stereocenters. The van der Waals surface area contributed by atoms with E-state index in [9.17, 15) is 9.90 Å². The molecule has 5 nitrogen and oxygen atoms in total. The number of carboxylic acids is 1. The molecule has 2 rings (SSSR count). The molecule has 20 heavy (non-hydrogen) atoms. The normalized spacial score (nSPS) is 11.8. The van der Waals surface area contributed by atoms with Crippen molar-refractivity contribution in [1.29, 1.82) is 0 Å². The Hall–Kier alpha value is -2.56. The Labute approximate surface area is 116 Å². The van der Waals surface area contributed by atoms with Gasteiger partial charge in [0, 0.05) is 11.6 Å². The molecule has 1 unspecified atom stereocenters. The number of nitrogens with one attached hydrogen (secondary N) is 1. The molecule has 0 amide bonds. The molecular formula is C15H16N2O3. The number of aromatic nitrogens is 1. The highest BCUT2D eigenvalue weighted by molar-refractivity contribution is 5.94. The molecule has 1 aromatic carbocycles. The summed E-state index contributed by atoms with van der Waals surface area (Å²) in [6.45, 7) is 3.57. The number of aliphatic carboxylic acids is 1. The van der Waals surface area contributed by atoms with Crippen molar-refractivity contribution in [2.45, 2.75) is 12.5 Å². The summed E-state index contributed by atoms with van der Waals surface area (Å²) in [5.74, 6) is 0.284. The fraction of sp³-hybridized carbons (Fsp3) is 0.200. The van der Waals surface area contributed by atoms with Gasteiger partial charge in [0.05, 0.1) is 7.11 Å². The van der Waals surface area contributed by atoms with E-state index in [0.29, 0.717) is 18.0 Å². The second kappa shape index (κ2) is 6.06. The molecule has 0 radical (unpaired) electrons. The Morgan fingerprint density at radius 2 is 2.35 bits per heavy atom. The number of fused-ring (bicyclic) bond motifs is 1. The first-order valence-electron chi connectivity index (χ1n) is 6.18. The lowest BCUT2D eigenvalue weighted by Crippen LogP contribution is -2.29. The van der Waals surface area contributed by atoms with Crippen LogP contribution in [0.3, 0.4) is 0 Å². The molecule has 2 aromatic rings. The third-order valence-electron chi connectivity index (χ3n) is 2.98. The smallest absolute Gasteiger partial charge is 0.326 e. The molecule has 0 fully saturated rings. The number of nitrogens with zero attached hydrogens (tertiary/aromatic N) is 1. The Morgan fingerprint density at radius 1 is 1.55 bits per heavy atom. The van der Waals surface area contributed by atoms with Gasteiger partial charge in [0.1, 0.15) is 17.6 Å². The van der Waals surface area contributed by atoms with E-state index in [4.69, 9.17) is 4.74 Å². The maximum atomic E-state index is 11.2. The van der Waals surface area contributed by atoms with Crippen LogP contribution >= 0.6 is 0 Å². The zero-order valence-electron chi connectivity index (χ0n) is 11.2. The number of benzene rings is 1. The van der Waals surface area contributed by atoms with E-state index in [1.165, 1.54) is 0 Å². The second-order valence-corrected chi connectivity index (χ2v) is 4.31. The van der Waals surface area contributed by atoms with Gasteiger partial charge < -0.3 is 15.2 Å². The summed E-state index contributed by atoms with van der Waals surface area (Å²) in [7, 11) is 1.59. The molecule has 0 aliphatic heterocycles. The van der Waals surface area contributed by atoms with Crippen LogP contribution < -0.4 is 10.1 Å². The number of ether oxygens (including phenoxy) is 1. The largest absolute Gasteiger partial charge is 0.497 e. The lowest BCUT2D eigenvalue weighted by Gasteiger charge is -2.15. The highest BCUT2D eigenvalue weighted by Crippen LogP contribution is 2.26. The highest BCUT2D eigenvalue weighted by Gasteiger charge is 2.17. The van der Waals surface area contributed by atoms with Gasteiger partial charge in [0.2, 0.25) is 0 Å². The summed E-state index contributed by atoms with van der Waals surface area (Å²) in [6.07, 6.45) is 3.53. The first-order chi connectivity index (χ1) is 9.65. The van der Waals surface area contributed by atoms with Crippen molar-refractivity contribution >= 4 is 22.6 Å². The van der Waals surface area contributed by atoms with Gasteiger partial charge in [-0.1, -0.05) is 12.1 Å². The van der Waals surface area contributed by atoms with Gasteiger partial charge in [0.15, 0.2) is 0 Å². The predicted molar refractivity (Wildman–Crippen MR) is 78.2 cm³/mol. The van der Waals surface area contributed by atoms with Gasteiger partial charge >= 0.3 is 5.97 Å². The Bertz CT molecular complexity index is 640. The van der Waals surface area contributed by atoms with Crippen molar-refractivity contribution in [1.82, 2.24) is 4.98 Å². The minimum atomic E-state index is -0.938. The topological polar surface area (TPSA) is 71.5 Å². The summed E-state index contributed by atoms with van der Waals surface area (Å²) in [4.78, 5) is 15.4. The van der Waals surface area contributed by atoms with Crippen LogP contribution in [0, 0.1) is 0 Å². The molecular weight excluding hydrogens is 256 g/mol. The van der Waals surface area contributed by atoms with Crippen LogP contribution in [0.5, 0.6) is 5.75 Å². The lowest BCUT2D eigenvalue weighted by molar-refractivity contribution is -0.137. The van der Waals surface area contributed by atoms with Gasteiger partial charge in [-0.05, 0) is 30.0 Å². The second-order valence-electron chi connectivity index (χ2n) is 4.31. The zero-order chi connectivity index (χ0) is 14.5. The number of pyridine rings is 1. The Kier molecular flexibility index (Phi) is 4.20. The van der Waals surface area contributed by atoms with Crippen LogP contribution in [0.1, 0.15) is 6.42 Å². The summed E-state index contributed by atoms with van der Waals surface area (Å²) in [6, 6.07) is 6.70. The number of carbonyl (C=O) groups is 1. The Balaban J connectivity index is 2.42. The molecule has 104 valence electrons. The van der Waals surface area contributed by atoms with Crippen LogP contribution in [0.2, 0.25) is 0 Å². The van der Waals surface area contributed by atoms with E-state index in [2.05, 4.69) is 16.9 Å². The quantitative estimate of drug-likeness (QED) is 0.791. The van der Waals surface area contributed by atoms with Crippen LogP contribution in [-0.4, -0.2) is 29.2 Å². The fourth-order valence-electron chi connectivity index (χ4n) is 1.94. The van der Waals surface area contributed by atoms with Crippen LogP contribution in [-0.2, 0) is 4.79 Å². The van der Waals surface area contributed by atoms with Gasteiger partial charge in [-0.2, -0.15) is 0 Å². The van der Waals surface area contributed by atoms with E-state index >= 15 is 0 Å². The molecule has 2 N–H and O–H groups in total. The number of hydrogen-bond acceptors (Lipinski definition) is 4. The van der Waals surface area contributed by atoms with Crippen LogP contribution in [0.15, 0.2) is 43.1 Å². The van der Waals surface area contributed by atoms with Gasteiger partial charge in [0.25, 0.3) is 0 Å². The maximum absolute atomic E-state index is 11.2. The van der Waals surface area contributed by atoms with Gasteiger partial charge in [-0.25, -0.2) is 9.78 Å². The minimum Gasteiger partial charge on any atom is -0.497 e. The average molecular weight is 272 g/mol. The fourth-order valence-corrected chi connectivity index (χ4v) is 1.94. The zero-order valence-corrected chi connectivity index (χ0v) is 11.2. The van der Waals surface area contributed by atoms with Crippen molar-refractivity contribution in [2.75, 3.05) is 12.4 Å². The molecule has 5 heteroatoms. The van der Waals surface area contributed by atoms with Crippen molar-refractivity contribution in [3.63, 3.8) is 0 Å². The standard InChI is InChI=1S/C15H16N2O3/c1-3-4-13(15(18)19)17-14-12-9-11(20-2)6-5-10(12)7-8-16-14/h3,5-9,13H,1,4H2,2H3,(H,16,17)(H,18,19). The predicted octanol–water partition coefficient (Wildman–Crippen LogP) is 2.68. The first-order valence-corrected chi connectivity index (χ1v) is 6.18. The molecule has 0 saturated carbocycles. The van der Waals surface area contributed by atoms with Crippen LogP contribution in [0.4, 0.5) is 5.82 Å². The molecule has 0 saturated heterocycles. The summed E-state index contributed by atoms with van der Waals surface area (Å²) in [5, 5.41) is 13.9. The van der Waals surface area contributed by atoms with Crippen LogP contribution in [0.25, 0.3) is 10.8 Å². The molecule has 0 spiro atoms. The van der Waals surface area contributed by atoms with Gasteiger partial charge in [-0.15, -0.1) is 6.58 Å². The van der Waals surface area contributed by atoms with Crippen molar-refractivity contribution < 1.29 is 14.6 Å². The molecule has 1 aromatic heterocycles. The molecule has 0 bridgehead atoms. The van der Waals surface area contributed by atoms with Gasteiger partial charge in [-0.3, -0.25) is 0 Å². The van der Waals surface area contributed by atoms with Crippen molar-refractivity contribution in [3.8, 4) is 5.75 Å². The third-order valence-corrected chi connectivity index (χ3v) is 2.98. The SMILES string of the molecule is C=CCC(Nc1nccc2ccc(OC)cc12)C(=O)O. The minimum absolute atomic E-state index is 0.317. The Morgan fingerprint density at radius 3 is 3.00 bits per heavy atom. The third kappa shape index (κ3) is 2.88. The van der Waals surface area contributed by atoms with Crippen molar-refractivity contribution in [3.05, 3.63) is 43.1 Å². The summed E-state index contributed by atoms with van der Waals surface area (Å²) in [5.41, 5.74) is 0. The van der Waals surface area contributed by atoms with E-state index in [1.807, 2.05) is 24.3 Å². The first kappa shape index (κ1) is 13.9. The summed E-state index contributed by atoms with van der Waals surface area (Å²) < 4.78 is 5.19. The monoisotopic (exact) mass is 272 g/mol. The molecule has 1 heterocycles. The van der Waals surface area contributed by atoms with Crippen molar-refractivity contribution in [2.24, 2.45) is 0 Å². The molecule has 0 aliphatic carbocycles. The molecule has 0 aliphatic rings. The lowest BCUT2D eigenvalue weighted by atomic mass is 10.1. The number of carboxylic acid groups (broad SMARTS) is 1. The van der Waals surface area contributed by atoms with E-state index in [1.54, 1.807) is 19.4 Å². The highest BCUT2D eigenvalue weighted by atomic mass is 16.5.